The lowest BCUT2D eigenvalue weighted by molar-refractivity contribution is -0.167. The molecular formula is C57H104O9. The fourth-order valence-electron chi connectivity index (χ4n) is 7.84. The van der Waals surface area contributed by atoms with E-state index in [1.807, 2.05) is 20.8 Å². The fourth-order valence-corrected chi connectivity index (χ4v) is 7.84. The second-order valence-corrected chi connectivity index (χ2v) is 18.9. The Labute approximate surface area is 405 Å². The summed E-state index contributed by atoms with van der Waals surface area (Å²) in [4.78, 5) is 38.1. The van der Waals surface area contributed by atoms with Crippen LogP contribution in [0.1, 0.15) is 271 Å². The number of carbonyl (C=O) groups excluding carboxylic acids is 3. The average molecular weight is 933 g/mol. The number of aliphatic hydroxyl groups excluding tert-OH is 3. The van der Waals surface area contributed by atoms with E-state index in [2.05, 4.69) is 36.5 Å². The lowest BCUT2D eigenvalue weighted by atomic mass is 10.1. The van der Waals surface area contributed by atoms with Crippen LogP contribution in [-0.4, -0.2) is 70.9 Å². The van der Waals surface area contributed by atoms with Crippen molar-refractivity contribution in [2.45, 2.75) is 296 Å². The monoisotopic (exact) mass is 933 g/mol. The Kier molecular flexibility index (Phi) is 48.5. The summed E-state index contributed by atoms with van der Waals surface area (Å²) in [7, 11) is 0. The first-order valence-electron chi connectivity index (χ1n) is 27.7. The highest BCUT2D eigenvalue weighted by molar-refractivity contribution is 5.71. The predicted octanol–water partition coefficient (Wildman–Crippen LogP) is 15.0. The molecule has 0 aromatic heterocycles. The first-order chi connectivity index (χ1) is 32.2. The molecule has 0 saturated carbocycles. The van der Waals surface area contributed by atoms with Gasteiger partial charge in [0.1, 0.15) is 13.2 Å². The molecule has 0 fully saturated rings. The molecule has 0 saturated heterocycles. The second kappa shape index (κ2) is 50.4. The maximum absolute atomic E-state index is 12.8. The van der Waals surface area contributed by atoms with Crippen LogP contribution in [0.3, 0.4) is 0 Å². The predicted molar refractivity (Wildman–Crippen MR) is 274 cm³/mol. The van der Waals surface area contributed by atoms with Crippen molar-refractivity contribution in [2.75, 3.05) is 13.2 Å². The summed E-state index contributed by atoms with van der Waals surface area (Å²) in [5.41, 5.74) is 0. The molecule has 0 amide bonds. The number of aliphatic hydroxyl groups is 3. The van der Waals surface area contributed by atoms with Gasteiger partial charge < -0.3 is 29.5 Å². The number of unbranched alkanes of at least 4 members (excludes halogenated alkanes) is 24. The molecule has 0 heterocycles. The van der Waals surface area contributed by atoms with Crippen molar-refractivity contribution < 1.29 is 43.9 Å². The number of allylic oxidation sites excluding steroid dienone is 6. The summed E-state index contributed by atoms with van der Waals surface area (Å²) in [6, 6.07) is 0. The Balaban J connectivity index is 4.43. The third kappa shape index (κ3) is 48.0. The average Bonchev–Trinajstić information content (AvgIpc) is 3.32. The Bertz CT molecular complexity index is 1110. The molecule has 0 aliphatic rings. The standard InChI is InChI=1S/C57H104O9/c1-4-51(58)43-37-31-25-19-13-7-10-16-22-28-34-40-46-55(61)64-49-54(66-57(63)48-42-36-30-24-18-12-9-15-21-27-33-39-45-53(60)6-3)50-65-56(62)47-41-35-29-23-17-11-8-14-20-26-32-38-44-52(59)5-2/h7-9,13-15,51-54,58-60H,4-6,10-12,16-50H2,1-3H3/b13-7-,14-8-,15-9-/t51-,52-,53-/m0/s1. The minimum absolute atomic E-state index is 0.113. The lowest BCUT2D eigenvalue weighted by Gasteiger charge is -2.18. The smallest absolute Gasteiger partial charge is 0.306 e. The molecule has 0 aliphatic heterocycles. The molecule has 0 radical (unpaired) electrons. The highest BCUT2D eigenvalue weighted by Crippen LogP contribution is 2.15. The molecule has 0 aromatic carbocycles. The molecule has 0 rings (SSSR count). The van der Waals surface area contributed by atoms with E-state index in [1.54, 1.807) is 0 Å². The number of esters is 3. The maximum atomic E-state index is 12.8. The van der Waals surface area contributed by atoms with Gasteiger partial charge in [0.05, 0.1) is 18.3 Å². The van der Waals surface area contributed by atoms with E-state index in [-0.39, 0.29) is 55.9 Å². The van der Waals surface area contributed by atoms with Crippen molar-refractivity contribution in [3.63, 3.8) is 0 Å². The minimum atomic E-state index is -0.816. The molecular weight excluding hydrogens is 829 g/mol. The van der Waals surface area contributed by atoms with Gasteiger partial charge >= 0.3 is 17.9 Å². The summed E-state index contributed by atoms with van der Waals surface area (Å²) >= 11 is 0. The van der Waals surface area contributed by atoms with Gasteiger partial charge in [-0.2, -0.15) is 0 Å². The van der Waals surface area contributed by atoms with Gasteiger partial charge in [0.15, 0.2) is 6.10 Å². The van der Waals surface area contributed by atoms with Gasteiger partial charge in [-0.25, -0.2) is 0 Å². The van der Waals surface area contributed by atoms with Crippen LogP contribution in [0.25, 0.3) is 0 Å². The Morgan fingerprint density at radius 2 is 0.591 bits per heavy atom. The topological polar surface area (TPSA) is 140 Å². The highest BCUT2D eigenvalue weighted by Gasteiger charge is 2.19. The van der Waals surface area contributed by atoms with Gasteiger partial charge in [-0.3, -0.25) is 14.4 Å². The number of hydrogen-bond acceptors (Lipinski definition) is 9. The molecule has 66 heavy (non-hydrogen) atoms. The summed E-state index contributed by atoms with van der Waals surface area (Å²) in [5.74, 6) is -0.986. The van der Waals surface area contributed by atoms with Gasteiger partial charge in [-0.15, -0.1) is 0 Å². The largest absolute Gasteiger partial charge is 0.462 e. The van der Waals surface area contributed by atoms with E-state index in [0.717, 1.165) is 193 Å². The zero-order valence-electron chi connectivity index (χ0n) is 43.1. The van der Waals surface area contributed by atoms with Crippen molar-refractivity contribution in [3.05, 3.63) is 36.5 Å². The number of rotatable bonds is 50. The van der Waals surface area contributed by atoms with Crippen LogP contribution < -0.4 is 0 Å². The van der Waals surface area contributed by atoms with E-state index >= 15 is 0 Å². The summed E-state index contributed by atoms with van der Waals surface area (Å²) in [5, 5.41) is 29.0. The molecule has 0 unspecified atom stereocenters. The molecule has 0 aliphatic carbocycles. The van der Waals surface area contributed by atoms with Gasteiger partial charge in [0, 0.05) is 19.3 Å². The molecule has 386 valence electrons. The first-order valence-corrected chi connectivity index (χ1v) is 27.7. The van der Waals surface area contributed by atoms with Crippen molar-refractivity contribution in [3.8, 4) is 0 Å². The highest BCUT2D eigenvalue weighted by atomic mass is 16.6. The van der Waals surface area contributed by atoms with Crippen molar-refractivity contribution >= 4 is 17.9 Å². The Morgan fingerprint density at radius 3 is 0.879 bits per heavy atom. The minimum Gasteiger partial charge on any atom is -0.462 e. The van der Waals surface area contributed by atoms with E-state index in [4.69, 9.17) is 14.2 Å². The molecule has 9 heteroatoms. The van der Waals surface area contributed by atoms with Gasteiger partial charge in [-0.05, 0) is 135 Å². The molecule has 0 spiro atoms. The molecule has 9 nitrogen and oxygen atoms in total. The van der Waals surface area contributed by atoms with Gasteiger partial charge in [-0.1, -0.05) is 154 Å². The van der Waals surface area contributed by atoms with Gasteiger partial charge in [0.2, 0.25) is 0 Å². The number of ether oxygens (including phenoxy) is 3. The third-order valence-electron chi connectivity index (χ3n) is 12.6. The van der Waals surface area contributed by atoms with Crippen LogP contribution in [-0.2, 0) is 28.6 Å². The number of hydrogen-bond donors (Lipinski definition) is 3. The SMILES string of the molecule is CC[C@H](O)CCCCC/C=C\CCCCCCCC(=O)OCC(COC(=O)CCCCCCC/C=C\CCCCC[C@@H](O)CC)OC(=O)CCCCCCC/C=C\CCCCC[C@@H](O)CC. The van der Waals surface area contributed by atoms with Crippen LogP contribution in [0, 0.1) is 0 Å². The van der Waals surface area contributed by atoms with Gasteiger partial charge in [0.25, 0.3) is 0 Å². The maximum Gasteiger partial charge on any atom is 0.306 e. The zero-order chi connectivity index (χ0) is 48.4. The van der Waals surface area contributed by atoms with Crippen LogP contribution in [0.2, 0.25) is 0 Å². The first kappa shape index (κ1) is 63.5. The summed E-state index contributed by atoms with van der Waals surface area (Å²) in [6.45, 7) is 5.85. The lowest BCUT2D eigenvalue weighted by Crippen LogP contribution is -2.30. The summed E-state index contributed by atoms with van der Waals surface area (Å²) < 4.78 is 16.8. The van der Waals surface area contributed by atoms with E-state index in [9.17, 15) is 29.7 Å². The van der Waals surface area contributed by atoms with E-state index < -0.39 is 6.10 Å². The van der Waals surface area contributed by atoms with Crippen LogP contribution in [0.4, 0.5) is 0 Å². The third-order valence-corrected chi connectivity index (χ3v) is 12.6. The molecule has 0 bridgehead atoms. The van der Waals surface area contributed by atoms with Crippen LogP contribution in [0.5, 0.6) is 0 Å². The normalized spacial score (nSPS) is 13.3. The second-order valence-electron chi connectivity index (χ2n) is 18.9. The fraction of sp³-hybridized carbons (Fsp3) is 0.842. The quantitative estimate of drug-likeness (QED) is 0.0235. The number of carbonyl (C=O) groups is 3. The van der Waals surface area contributed by atoms with E-state index in [0.29, 0.717) is 12.8 Å². The van der Waals surface area contributed by atoms with Crippen molar-refractivity contribution in [1.29, 1.82) is 0 Å². The molecule has 0 aromatic rings. The van der Waals surface area contributed by atoms with Crippen LogP contribution >= 0.6 is 0 Å². The van der Waals surface area contributed by atoms with Crippen molar-refractivity contribution in [1.82, 2.24) is 0 Å². The van der Waals surface area contributed by atoms with E-state index in [1.165, 1.54) is 38.5 Å². The Morgan fingerprint density at radius 1 is 0.348 bits per heavy atom. The molecule has 3 atom stereocenters. The van der Waals surface area contributed by atoms with Crippen molar-refractivity contribution in [2.24, 2.45) is 0 Å². The zero-order valence-corrected chi connectivity index (χ0v) is 43.1. The Hall–Kier alpha value is -2.49. The van der Waals surface area contributed by atoms with Crippen LogP contribution in [0.15, 0.2) is 36.5 Å². The molecule has 3 N–H and O–H groups in total. The summed E-state index contributed by atoms with van der Waals surface area (Å²) in [6.07, 6.45) is 50.7.